The Hall–Kier alpha value is -1.10. The molecule has 146 valence electrons. The second-order valence-electron chi connectivity index (χ2n) is 9.97. The van der Waals surface area contributed by atoms with E-state index in [1.165, 1.54) is 38.5 Å². The van der Waals surface area contributed by atoms with Crippen LogP contribution in [0.5, 0.6) is 0 Å². The number of carbonyl (C=O) groups excluding carboxylic acids is 2. The second-order valence-corrected chi connectivity index (χ2v) is 9.97. The van der Waals surface area contributed by atoms with Gasteiger partial charge in [-0.25, -0.2) is 0 Å². The van der Waals surface area contributed by atoms with Crippen molar-refractivity contribution in [1.29, 1.82) is 0 Å². The van der Waals surface area contributed by atoms with Gasteiger partial charge in [0.05, 0.1) is 6.54 Å². The maximum Gasteiger partial charge on any atom is 0.242 e. The van der Waals surface area contributed by atoms with Crippen molar-refractivity contribution in [3.05, 3.63) is 0 Å². The Kier molecular flexibility index (Phi) is 5.02. The van der Waals surface area contributed by atoms with Gasteiger partial charge < -0.3 is 15.1 Å². The molecule has 1 unspecified atom stereocenters. The number of likely N-dealkylation sites (N-methyl/N-ethyl adjacent to an activating group) is 1. The van der Waals surface area contributed by atoms with Crippen LogP contribution in [0.2, 0.25) is 0 Å². The second kappa shape index (κ2) is 7.14. The molecule has 5 fully saturated rings. The highest BCUT2D eigenvalue weighted by Gasteiger charge is 2.51. The zero-order chi connectivity index (χ0) is 18.3. The number of amides is 2. The maximum atomic E-state index is 12.6. The zero-order valence-corrected chi connectivity index (χ0v) is 16.5. The van der Waals surface area contributed by atoms with Crippen molar-refractivity contribution in [3.8, 4) is 0 Å². The smallest absolute Gasteiger partial charge is 0.242 e. The largest absolute Gasteiger partial charge is 0.347 e. The summed E-state index contributed by atoms with van der Waals surface area (Å²) in [5.74, 6) is 2.78. The van der Waals surface area contributed by atoms with E-state index in [4.69, 9.17) is 0 Å². The van der Waals surface area contributed by atoms with Crippen LogP contribution in [0.4, 0.5) is 0 Å². The normalized spacial score (nSPS) is 38.7. The van der Waals surface area contributed by atoms with Gasteiger partial charge in [0, 0.05) is 25.6 Å². The molecule has 0 spiro atoms. The molecule has 5 rings (SSSR count). The highest BCUT2D eigenvalue weighted by Crippen LogP contribution is 2.61. The lowest BCUT2D eigenvalue weighted by Gasteiger charge is -2.56. The molecule has 1 aliphatic heterocycles. The molecule has 4 saturated carbocycles. The van der Waals surface area contributed by atoms with E-state index in [1.54, 1.807) is 0 Å². The minimum Gasteiger partial charge on any atom is -0.347 e. The summed E-state index contributed by atoms with van der Waals surface area (Å²) in [6.07, 6.45) is 10.8. The molecule has 1 saturated heterocycles. The Bertz CT molecular complexity index is 524. The van der Waals surface area contributed by atoms with Crippen molar-refractivity contribution in [2.75, 3.05) is 33.7 Å². The van der Waals surface area contributed by atoms with Crippen molar-refractivity contribution in [2.24, 2.45) is 23.2 Å². The molecule has 0 aromatic carbocycles. The Morgan fingerprint density at radius 3 is 2.27 bits per heavy atom. The van der Waals surface area contributed by atoms with E-state index >= 15 is 0 Å². The Morgan fingerprint density at radius 2 is 1.69 bits per heavy atom. The van der Waals surface area contributed by atoms with Crippen molar-refractivity contribution >= 4 is 11.8 Å². The van der Waals surface area contributed by atoms with Crippen LogP contribution < -0.4 is 5.32 Å². The molecular formula is C21H35N3O2. The fourth-order valence-corrected chi connectivity index (χ4v) is 6.80. The molecule has 2 amide bonds. The first kappa shape index (κ1) is 18.3. The lowest BCUT2D eigenvalue weighted by molar-refractivity contribution is -0.136. The first-order chi connectivity index (χ1) is 12.4. The summed E-state index contributed by atoms with van der Waals surface area (Å²) < 4.78 is 0. The van der Waals surface area contributed by atoms with Crippen molar-refractivity contribution < 1.29 is 9.59 Å². The van der Waals surface area contributed by atoms with Crippen LogP contribution in [0.15, 0.2) is 0 Å². The molecule has 5 nitrogen and oxygen atoms in total. The van der Waals surface area contributed by atoms with Gasteiger partial charge in [-0.15, -0.1) is 0 Å². The Labute approximate surface area is 157 Å². The first-order valence-electron chi connectivity index (χ1n) is 10.6. The zero-order valence-electron chi connectivity index (χ0n) is 16.5. The van der Waals surface area contributed by atoms with E-state index in [0.717, 1.165) is 43.7 Å². The van der Waals surface area contributed by atoms with E-state index in [0.29, 0.717) is 12.5 Å². The molecule has 4 bridgehead atoms. The van der Waals surface area contributed by atoms with Crippen LogP contribution >= 0.6 is 0 Å². The summed E-state index contributed by atoms with van der Waals surface area (Å²) in [7, 11) is 4.15. The van der Waals surface area contributed by atoms with Gasteiger partial charge in [0.25, 0.3) is 0 Å². The third-order valence-electron chi connectivity index (χ3n) is 7.62. The maximum absolute atomic E-state index is 12.6. The van der Waals surface area contributed by atoms with Gasteiger partial charge in [0.2, 0.25) is 11.8 Å². The number of hydrogen-bond donors (Lipinski definition) is 1. The minimum atomic E-state index is 0.0791. The van der Waals surface area contributed by atoms with Gasteiger partial charge >= 0.3 is 0 Å². The number of likely N-dealkylation sites (tertiary alicyclic amines) is 1. The quantitative estimate of drug-likeness (QED) is 0.817. The molecule has 26 heavy (non-hydrogen) atoms. The Morgan fingerprint density at radius 1 is 1.08 bits per heavy atom. The molecular weight excluding hydrogens is 326 g/mol. The fraction of sp³-hybridized carbons (Fsp3) is 0.905. The molecule has 5 heteroatoms. The SMILES string of the molecule is CN(C)C1CCCN(C(=O)CNC(=O)CC23CC4CC(CC(C4)C2)C3)C1. The monoisotopic (exact) mass is 361 g/mol. The van der Waals surface area contributed by atoms with Crippen LogP contribution in [0.1, 0.15) is 57.8 Å². The fourth-order valence-electron chi connectivity index (χ4n) is 6.80. The van der Waals surface area contributed by atoms with E-state index in [1.807, 2.05) is 4.90 Å². The number of nitrogens with zero attached hydrogens (tertiary/aromatic N) is 2. The molecule has 1 heterocycles. The summed E-state index contributed by atoms with van der Waals surface area (Å²) in [5.41, 5.74) is 0.253. The third-order valence-corrected chi connectivity index (χ3v) is 7.62. The van der Waals surface area contributed by atoms with Crippen LogP contribution in [0.3, 0.4) is 0 Å². The van der Waals surface area contributed by atoms with E-state index in [9.17, 15) is 9.59 Å². The third kappa shape index (κ3) is 3.78. The molecule has 0 aromatic heterocycles. The molecule has 5 aliphatic rings. The van der Waals surface area contributed by atoms with Gasteiger partial charge in [0.15, 0.2) is 0 Å². The topological polar surface area (TPSA) is 52.6 Å². The summed E-state index contributed by atoms with van der Waals surface area (Å²) in [5, 5.41) is 2.96. The summed E-state index contributed by atoms with van der Waals surface area (Å²) in [6, 6.07) is 0.440. The van der Waals surface area contributed by atoms with Crippen molar-refractivity contribution in [3.63, 3.8) is 0 Å². The Balaban J connectivity index is 1.26. The molecule has 4 aliphatic carbocycles. The van der Waals surface area contributed by atoms with E-state index < -0.39 is 0 Å². The standard InChI is InChI=1S/C21H35N3O2/c1-23(2)18-4-3-5-24(14-18)20(26)13-22-19(25)12-21-9-15-6-16(10-21)8-17(7-15)11-21/h15-18H,3-14H2,1-2H3,(H,22,25). The van der Waals surface area contributed by atoms with Crippen LogP contribution in [0.25, 0.3) is 0 Å². The average Bonchev–Trinajstić information content (AvgIpc) is 2.58. The molecule has 0 radical (unpaired) electrons. The van der Waals surface area contributed by atoms with Crippen LogP contribution in [0, 0.1) is 23.2 Å². The summed E-state index contributed by atoms with van der Waals surface area (Å²) >= 11 is 0. The number of carbonyl (C=O) groups is 2. The van der Waals surface area contributed by atoms with Gasteiger partial charge in [0.1, 0.15) is 0 Å². The van der Waals surface area contributed by atoms with Crippen LogP contribution in [-0.2, 0) is 9.59 Å². The van der Waals surface area contributed by atoms with Crippen LogP contribution in [-0.4, -0.2) is 61.4 Å². The van der Waals surface area contributed by atoms with Gasteiger partial charge in [-0.3, -0.25) is 9.59 Å². The molecule has 1 N–H and O–H groups in total. The van der Waals surface area contributed by atoms with Crippen molar-refractivity contribution in [2.45, 2.75) is 63.8 Å². The van der Waals surface area contributed by atoms with Crippen molar-refractivity contribution in [1.82, 2.24) is 15.1 Å². The first-order valence-corrected chi connectivity index (χ1v) is 10.6. The number of hydrogen-bond acceptors (Lipinski definition) is 3. The predicted molar refractivity (Wildman–Crippen MR) is 102 cm³/mol. The minimum absolute atomic E-state index is 0.0791. The molecule has 1 atom stereocenters. The number of piperidine rings is 1. The lowest BCUT2D eigenvalue weighted by atomic mass is 9.49. The summed E-state index contributed by atoms with van der Waals surface area (Å²) in [6.45, 7) is 1.79. The highest BCUT2D eigenvalue weighted by molar-refractivity contribution is 5.85. The molecule has 0 aromatic rings. The van der Waals surface area contributed by atoms with Gasteiger partial charge in [-0.05, 0) is 88.6 Å². The number of rotatable bonds is 5. The predicted octanol–water partition coefficient (Wildman–Crippen LogP) is 2.26. The van der Waals surface area contributed by atoms with Gasteiger partial charge in [-0.1, -0.05) is 0 Å². The van der Waals surface area contributed by atoms with Gasteiger partial charge in [-0.2, -0.15) is 0 Å². The summed E-state index contributed by atoms with van der Waals surface area (Å²) in [4.78, 5) is 29.3. The number of nitrogens with one attached hydrogen (secondary N) is 1. The lowest BCUT2D eigenvalue weighted by Crippen LogP contribution is -2.51. The highest BCUT2D eigenvalue weighted by atomic mass is 16.2. The van der Waals surface area contributed by atoms with E-state index in [-0.39, 0.29) is 23.8 Å². The van der Waals surface area contributed by atoms with E-state index in [2.05, 4.69) is 24.3 Å². The average molecular weight is 362 g/mol.